The molecule has 200 valence electrons. The molecule has 3 aromatic carbocycles. The number of benzene rings is 3. The number of amides is 2. The van der Waals surface area contributed by atoms with Gasteiger partial charge in [0.2, 0.25) is 0 Å². The average molecular weight is 551 g/mol. The molecule has 0 aliphatic carbocycles. The molecule has 10 nitrogen and oxygen atoms in total. The lowest BCUT2D eigenvalue weighted by atomic mass is 10.1. The fraction of sp³-hybridized carbons (Fsp3) is 0.148. The minimum Gasteiger partial charge on any atom is -0.490 e. The fourth-order valence-electron chi connectivity index (χ4n) is 3.56. The Morgan fingerprint density at radius 3 is 2.59 bits per heavy atom. The van der Waals surface area contributed by atoms with Gasteiger partial charge in [0.1, 0.15) is 35.7 Å². The predicted octanol–water partition coefficient (Wildman–Crippen LogP) is 5.11. The zero-order valence-electron chi connectivity index (χ0n) is 20.9. The maximum absolute atomic E-state index is 14.8. The smallest absolute Gasteiger partial charge is 0.323 e. The van der Waals surface area contributed by atoms with E-state index in [1.165, 1.54) is 42.6 Å². The molecule has 2 amide bonds. The third-order valence-corrected chi connectivity index (χ3v) is 6.52. The maximum Gasteiger partial charge on any atom is 0.323 e. The van der Waals surface area contributed by atoms with Gasteiger partial charge in [-0.3, -0.25) is 4.98 Å². The number of pyridine rings is 1. The molecule has 12 heteroatoms. The Morgan fingerprint density at radius 1 is 1.05 bits per heavy atom. The van der Waals surface area contributed by atoms with Gasteiger partial charge in [-0.25, -0.2) is 17.6 Å². The standard InChI is InChI=1S/C27H23FN4O6S/c1-36-10-11-37-26-15-24-21(12-17(26)16-29)25(8-9-30-24)38-19-6-7-23(22(28)14-19)32-27(33)31-18-4-3-5-20(13-18)39(2,34)35/h3-9,12-15H,10-11H2,1-2H3,(H2,31,32,33). The van der Waals surface area contributed by atoms with E-state index >= 15 is 0 Å². The number of nitrogens with one attached hydrogen (secondary N) is 2. The molecule has 0 saturated heterocycles. The first-order valence-electron chi connectivity index (χ1n) is 11.5. The first kappa shape index (κ1) is 27.3. The number of nitrogens with zero attached hydrogens (tertiary/aromatic N) is 2. The molecule has 1 aromatic heterocycles. The normalized spacial score (nSPS) is 11.0. The van der Waals surface area contributed by atoms with Gasteiger partial charge in [0.25, 0.3) is 0 Å². The minimum absolute atomic E-state index is 0.0355. The average Bonchev–Trinajstić information content (AvgIpc) is 2.90. The molecule has 0 saturated carbocycles. The van der Waals surface area contributed by atoms with Crippen LogP contribution in [0, 0.1) is 17.1 Å². The van der Waals surface area contributed by atoms with Crippen molar-refractivity contribution >= 4 is 38.1 Å². The lowest BCUT2D eigenvalue weighted by Gasteiger charge is -2.13. The van der Waals surface area contributed by atoms with E-state index in [1.54, 1.807) is 25.3 Å². The van der Waals surface area contributed by atoms with Crippen molar-refractivity contribution in [1.82, 2.24) is 4.98 Å². The van der Waals surface area contributed by atoms with Crippen molar-refractivity contribution in [3.8, 4) is 23.3 Å². The molecule has 0 bridgehead atoms. The Hall–Kier alpha value is -4.73. The van der Waals surface area contributed by atoms with Crippen molar-refractivity contribution < 1.29 is 31.8 Å². The van der Waals surface area contributed by atoms with E-state index in [0.29, 0.717) is 29.0 Å². The first-order valence-corrected chi connectivity index (χ1v) is 13.4. The van der Waals surface area contributed by atoms with Crippen LogP contribution in [-0.2, 0) is 14.6 Å². The van der Waals surface area contributed by atoms with Crippen molar-refractivity contribution in [2.45, 2.75) is 4.90 Å². The number of hydrogen-bond acceptors (Lipinski definition) is 8. The van der Waals surface area contributed by atoms with Crippen LogP contribution >= 0.6 is 0 Å². The lowest BCUT2D eigenvalue weighted by molar-refractivity contribution is 0.146. The molecule has 0 aliphatic rings. The summed E-state index contributed by atoms with van der Waals surface area (Å²) in [6.45, 7) is 0.617. The summed E-state index contributed by atoms with van der Waals surface area (Å²) in [4.78, 5) is 16.7. The molecule has 0 radical (unpaired) electrons. The molecular formula is C27H23FN4O6S. The number of methoxy groups -OCH3 is 1. The molecule has 0 spiro atoms. The number of halogens is 1. The minimum atomic E-state index is -3.46. The van der Waals surface area contributed by atoms with E-state index < -0.39 is 21.7 Å². The number of ether oxygens (including phenoxy) is 3. The number of rotatable bonds is 9. The number of carbonyl (C=O) groups is 1. The van der Waals surface area contributed by atoms with Gasteiger partial charge in [-0.15, -0.1) is 0 Å². The Kier molecular flexibility index (Phi) is 8.24. The van der Waals surface area contributed by atoms with Crippen molar-refractivity contribution in [3.63, 3.8) is 0 Å². The fourth-order valence-corrected chi connectivity index (χ4v) is 4.22. The molecular weight excluding hydrogens is 527 g/mol. The van der Waals surface area contributed by atoms with Crippen LogP contribution in [0.15, 0.2) is 71.8 Å². The Labute approximate surface area is 223 Å². The number of nitriles is 1. The summed E-state index contributed by atoms with van der Waals surface area (Å²) >= 11 is 0. The monoisotopic (exact) mass is 550 g/mol. The topological polar surface area (TPSA) is 140 Å². The second-order valence-electron chi connectivity index (χ2n) is 8.25. The van der Waals surface area contributed by atoms with Crippen molar-refractivity contribution in [3.05, 3.63) is 78.2 Å². The maximum atomic E-state index is 14.8. The highest BCUT2D eigenvalue weighted by Gasteiger charge is 2.14. The van der Waals surface area contributed by atoms with Gasteiger partial charge in [0.15, 0.2) is 9.84 Å². The van der Waals surface area contributed by atoms with Gasteiger partial charge in [-0.2, -0.15) is 5.26 Å². The summed E-state index contributed by atoms with van der Waals surface area (Å²) < 4.78 is 54.7. The van der Waals surface area contributed by atoms with Crippen LogP contribution < -0.4 is 20.1 Å². The molecule has 2 N–H and O–H groups in total. The lowest BCUT2D eigenvalue weighted by Crippen LogP contribution is -2.20. The molecule has 39 heavy (non-hydrogen) atoms. The van der Waals surface area contributed by atoms with E-state index in [0.717, 1.165) is 12.3 Å². The second kappa shape index (κ2) is 11.8. The summed E-state index contributed by atoms with van der Waals surface area (Å²) in [5, 5.41) is 14.9. The van der Waals surface area contributed by atoms with Gasteiger partial charge in [0, 0.05) is 42.8 Å². The van der Waals surface area contributed by atoms with Crippen molar-refractivity contribution in [1.29, 1.82) is 5.26 Å². The summed E-state index contributed by atoms with van der Waals surface area (Å²) in [6.07, 6.45) is 2.57. The highest BCUT2D eigenvalue weighted by molar-refractivity contribution is 7.90. The molecule has 0 unspecified atom stereocenters. The van der Waals surface area contributed by atoms with Crippen LogP contribution in [0.5, 0.6) is 17.2 Å². The number of aromatic nitrogens is 1. The van der Waals surface area contributed by atoms with Crippen molar-refractivity contribution in [2.24, 2.45) is 0 Å². The summed E-state index contributed by atoms with van der Waals surface area (Å²) in [7, 11) is -1.91. The van der Waals surface area contributed by atoms with Crippen LogP contribution in [0.2, 0.25) is 0 Å². The third kappa shape index (κ3) is 6.78. The van der Waals surface area contributed by atoms with Gasteiger partial charge in [-0.05, 0) is 42.5 Å². The molecule has 0 fully saturated rings. The Balaban J connectivity index is 1.50. The zero-order valence-corrected chi connectivity index (χ0v) is 21.7. The zero-order chi connectivity index (χ0) is 28.0. The van der Waals surface area contributed by atoms with E-state index in [9.17, 15) is 22.9 Å². The number of carbonyl (C=O) groups excluding carboxylic acids is 1. The highest BCUT2D eigenvalue weighted by Crippen LogP contribution is 2.34. The van der Waals surface area contributed by atoms with E-state index in [-0.39, 0.29) is 34.2 Å². The van der Waals surface area contributed by atoms with Gasteiger partial charge in [-0.1, -0.05) is 6.07 Å². The molecule has 1 heterocycles. The summed E-state index contributed by atoms with van der Waals surface area (Å²) in [5.41, 5.74) is 0.886. The number of anilines is 2. The van der Waals surface area contributed by atoms with Crippen molar-refractivity contribution in [2.75, 3.05) is 37.2 Å². The number of hydrogen-bond donors (Lipinski definition) is 2. The van der Waals surface area contributed by atoms with Gasteiger partial charge in [0.05, 0.1) is 28.3 Å². The molecule has 4 rings (SSSR count). The van der Waals surface area contributed by atoms with E-state index in [2.05, 4.69) is 21.7 Å². The largest absolute Gasteiger partial charge is 0.490 e. The van der Waals surface area contributed by atoms with Crippen LogP contribution in [0.1, 0.15) is 5.56 Å². The van der Waals surface area contributed by atoms with Crippen LogP contribution in [-0.4, -0.2) is 46.0 Å². The Morgan fingerprint density at radius 2 is 1.87 bits per heavy atom. The molecule has 0 atom stereocenters. The van der Waals surface area contributed by atoms with Crippen LogP contribution in [0.25, 0.3) is 10.9 Å². The van der Waals surface area contributed by atoms with Gasteiger partial charge < -0.3 is 24.8 Å². The highest BCUT2D eigenvalue weighted by atomic mass is 32.2. The molecule has 0 aliphatic heterocycles. The van der Waals surface area contributed by atoms with Gasteiger partial charge >= 0.3 is 6.03 Å². The third-order valence-electron chi connectivity index (χ3n) is 5.40. The van der Waals surface area contributed by atoms with E-state index in [4.69, 9.17) is 14.2 Å². The number of fused-ring (bicyclic) bond motifs is 1. The second-order valence-corrected chi connectivity index (χ2v) is 10.3. The van der Waals surface area contributed by atoms with E-state index in [1.807, 2.05) is 0 Å². The Bertz CT molecular complexity index is 1690. The molecule has 4 aromatic rings. The quantitative estimate of drug-likeness (QED) is 0.274. The SMILES string of the molecule is COCCOc1cc2nccc(Oc3ccc(NC(=O)Nc4cccc(S(C)(=O)=O)c4)c(F)c3)c2cc1C#N. The van der Waals surface area contributed by atoms with Crippen LogP contribution in [0.3, 0.4) is 0 Å². The van der Waals surface area contributed by atoms with Crippen LogP contribution in [0.4, 0.5) is 20.6 Å². The summed E-state index contributed by atoms with van der Waals surface area (Å²) in [6, 6.07) is 15.7. The predicted molar refractivity (Wildman–Crippen MR) is 142 cm³/mol. The summed E-state index contributed by atoms with van der Waals surface area (Å²) in [5.74, 6) is 0.0706. The first-order chi connectivity index (χ1) is 18.7. The number of sulfone groups is 1. The number of urea groups is 1.